The van der Waals surface area contributed by atoms with Crippen molar-refractivity contribution >= 4 is 11.6 Å². The van der Waals surface area contributed by atoms with Crippen LogP contribution in [0, 0.1) is 0 Å². The summed E-state index contributed by atoms with van der Waals surface area (Å²) in [5.41, 5.74) is 2.69. The number of carbonyl (C=O) groups is 1. The number of benzene rings is 1. The van der Waals surface area contributed by atoms with Crippen LogP contribution in [-0.2, 0) is 11.3 Å². The first kappa shape index (κ1) is 20.9. The molecule has 1 N–H and O–H groups in total. The summed E-state index contributed by atoms with van der Waals surface area (Å²) in [5, 5.41) is 11.3. The molecule has 9 heteroatoms. The molecular formula is C24H24N6O3. The second kappa shape index (κ2) is 9.23. The highest BCUT2D eigenvalue weighted by Crippen LogP contribution is 2.24. The predicted molar refractivity (Wildman–Crippen MR) is 122 cm³/mol. The number of rotatable bonds is 7. The quantitative estimate of drug-likeness (QED) is 0.439. The summed E-state index contributed by atoms with van der Waals surface area (Å²) in [6.07, 6.45) is 9.40. The van der Waals surface area contributed by atoms with Crippen LogP contribution in [0.5, 0.6) is 0 Å². The van der Waals surface area contributed by atoms with Crippen LogP contribution in [0.2, 0.25) is 0 Å². The molecule has 1 aliphatic carbocycles. The zero-order chi connectivity index (χ0) is 22.6. The van der Waals surface area contributed by atoms with Crippen molar-refractivity contribution in [3.63, 3.8) is 0 Å². The summed E-state index contributed by atoms with van der Waals surface area (Å²) in [7, 11) is 0. The molecule has 5 rings (SSSR count). The van der Waals surface area contributed by atoms with E-state index in [4.69, 9.17) is 4.52 Å². The number of carbonyl (C=O) groups excluding carboxylic acids is 1. The Bertz CT molecular complexity index is 1370. The van der Waals surface area contributed by atoms with Crippen molar-refractivity contribution in [3.05, 3.63) is 70.8 Å². The summed E-state index contributed by atoms with van der Waals surface area (Å²) >= 11 is 0. The Labute approximate surface area is 189 Å². The maximum absolute atomic E-state index is 12.8. The number of pyridine rings is 1. The van der Waals surface area contributed by atoms with Crippen molar-refractivity contribution in [2.75, 3.05) is 6.54 Å². The number of amides is 1. The van der Waals surface area contributed by atoms with Crippen LogP contribution in [0.1, 0.15) is 32.1 Å². The molecule has 0 spiro atoms. The van der Waals surface area contributed by atoms with Gasteiger partial charge in [0.1, 0.15) is 6.54 Å². The second-order valence-corrected chi connectivity index (χ2v) is 8.05. The fourth-order valence-electron chi connectivity index (χ4n) is 4.03. The first-order chi connectivity index (χ1) is 16.2. The number of fused-ring (bicyclic) bond motifs is 1. The third-order valence-corrected chi connectivity index (χ3v) is 5.74. The molecule has 0 radical (unpaired) electrons. The van der Waals surface area contributed by atoms with E-state index < -0.39 is 5.69 Å². The summed E-state index contributed by atoms with van der Waals surface area (Å²) in [5.74, 6) is 0.450. The van der Waals surface area contributed by atoms with E-state index in [1.807, 2.05) is 30.3 Å². The number of allylic oxidation sites excluding steroid dienone is 1. The fourth-order valence-corrected chi connectivity index (χ4v) is 4.03. The van der Waals surface area contributed by atoms with Crippen molar-refractivity contribution in [2.45, 2.75) is 38.6 Å². The molecule has 3 heterocycles. The minimum atomic E-state index is -0.403. The van der Waals surface area contributed by atoms with Gasteiger partial charge in [-0.3, -0.25) is 4.79 Å². The zero-order valence-electron chi connectivity index (χ0n) is 18.1. The standard InChI is InChI=1S/C24H24N6O3/c31-20(25-14-13-17-8-3-1-4-9-17)16-30-24(32)29-15-7-12-19(22(29)27-30)23-26-21(28-33-23)18-10-5-2-6-11-18/h2,5-8,10-12,15H,1,3-4,9,13-14,16H2,(H,25,31). The Morgan fingerprint density at radius 3 is 2.82 bits per heavy atom. The average Bonchev–Trinajstić information content (AvgIpc) is 3.46. The smallest absolute Gasteiger partial charge is 0.350 e. The van der Waals surface area contributed by atoms with Gasteiger partial charge in [-0.15, -0.1) is 5.10 Å². The van der Waals surface area contributed by atoms with Gasteiger partial charge in [0.15, 0.2) is 5.65 Å². The lowest BCUT2D eigenvalue weighted by atomic mass is 9.97. The molecule has 0 fully saturated rings. The van der Waals surface area contributed by atoms with Gasteiger partial charge in [-0.2, -0.15) is 4.98 Å². The topological polar surface area (TPSA) is 107 Å². The summed E-state index contributed by atoms with van der Waals surface area (Å²) in [6, 6.07) is 12.9. The number of hydrogen-bond donors (Lipinski definition) is 1. The second-order valence-electron chi connectivity index (χ2n) is 8.05. The van der Waals surface area contributed by atoms with E-state index in [0.717, 1.165) is 29.5 Å². The molecule has 0 saturated carbocycles. The van der Waals surface area contributed by atoms with Crippen molar-refractivity contribution in [1.82, 2.24) is 29.6 Å². The van der Waals surface area contributed by atoms with Crippen LogP contribution in [0.3, 0.4) is 0 Å². The molecule has 0 atom stereocenters. The van der Waals surface area contributed by atoms with Gasteiger partial charge >= 0.3 is 5.69 Å². The molecule has 0 unspecified atom stereocenters. The van der Waals surface area contributed by atoms with E-state index in [1.165, 1.54) is 22.8 Å². The first-order valence-electron chi connectivity index (χ1n) is 11.1. The van der Waals surface area contributed by atoms with Gasteiger partial charge in [-0.05, 0) is 44.2 Å². The number of nitrogens with one attached hydrogen (secondary N) is 1. The lowest BCUT2D eigenvalue weighted by Crippen LogP contribution is -2.33. The Hall–Kier alpha value is -4.01. The molecular weight excluding hydrogens is 420 g/mol. The van der Waals surface area contributed by atoms with Gasteiger partial charge in [0.2, 0.25) is 11.7 Å². The molecule has 0 aliphatic heterocycles. The van der Waals surface area contributed by atoms with Crippen molar-refractivity contribution < 1.29 is 9.32 Å². The predicted octanol–water partition coefficient (Wildman–Crippen LogP) is 3.22. The minimum Gasteiger partial charge on any atom is -0.354 e. The molecule has 4 aromatic rings. The normalized spacial score (nSPS) is 13.8. The SMILES string of the molecule is O=C(Cn1nc2c(-c3nc(-c4ccccc4)no3)cccn2c1=O)NCCC1=CCCCC1. The molecule has 9 nitrogen and oxygen atoms in total. The van der Waals surface area contributed by atoms with Gasteiger partial charge < -0.3 is 9.84 Å². The molecule has 1 aliphatic rings. The molecule has 33 heavy (non-hydrogen) atoms. The Morgan fingerprint density at radius 1 is 1.12 bits per heavy atom. The van der Waals surface area contributed by atoms with E-state index in [2.05, 4.69) is 26.6 Å². The van der Waals surface area contributed by atoms with Crippen LogP contribution in [0.25, 0.3) is 28.5 Å². The third-order valence-electron chi connectivity index (χ3n) is 5.74. The Balaban J connectivity index is 1.33. The number of nitrogens with zero attached hydrogens (tertiary/aromatic N) is 5. The maximum Gasteiger partial charge on any atom is 0.350 e. The minimum absolute atomic E-state index is 0.155. The van der Waals surface area contributed by atoms with E-state index >= 15 is 0 Å². The fraction of sp³-hybridized carbons (Fsp3) is 0.292. The maximum atomic E-state index is 12.8. The zero-order valence-corrected chi connectivity index (χ0v) is 18.1. The van der Waals surface area contributed by atoms with E-state index in [-0.39, 0.29) is 18.3 Å². The number of hydrogen-bond acceptors (Lipinski definition) is 6. The highest BCUT2D eigenvalue weighted by Gasteiger charge is 2.18. The lowest BCUT2D eigenvalue weighted by molar-refractivity contribution is -0.121. The molecule has 1 amide bonds. The van der Waals surface area contributed by atoms with E-state index in [9.17, 15) is 9.59 Å². The summed E-state index contributed by atoms with van der Waals surface area (Å²) in [4.78, 5) is 29.7. The molecule has 168 valence electrons. The van der Waals surface area contributed by atoms with Gasteiger partial charge in [-0.1, -0.05) is 47.1 Å². The molecule has 3 aromatic heterocycles. The summed E-state index contributed by atoms with van der Waals surface area (Å²) in [6.45, 7) is 0.403. The largest absolute Gasteiger partial charge is 0.354 e. The van der Waals surface area contributed by atoms with Gasteiger partial charge in [-0.25, -0.2) is 13.9 Å². The Kier molecular flexibility index (Phi) is 5.84. The van der Waals surface area contributed by atoms with Crippen molar-refractivity contribution in [1.29, 1.82) is 0 Å². The third kappa shape index (κ3) is 4.48. The van der Waals surface area contributed by atoms with Crippen molar-refractivity contribution in [3.8, 4) is 22.8 Å². The summed E-state index contributed by atoms with van der Waals surface area (Å²) < 4.78 is 7.98. The van der Waals surface area contributed by atoms with Crippen molar-refractivity contribution in [2.24, 2.45) is 0 Å². The van der Waals surface area contributed by atoms with E-state index in [0.29, 0.717) is 23.6 Å². The highest BCUT2D eigenvalue weighted by molar-refractivity contribution is 5.76. The Morgan fingerprint density at radius 2 is 2.00 bits per heavy atom. The van der Waals surface area contributed by atoms with E-state index in [1.54, 1.807) is 18.3 Å². The van der Waals surface area contributed by atoms with Gasteiger partial charge in [0.25, 0.3) is 5.89 Å². The van der Waals surface area contributed by atoms with Crippen LogP contribution < -0.4 is 11.0 Å². The lowest BCUT2D eigenvalue weighted by Gasteiger charge is -2.12. The molecule has 0 saturated heterocycles. The van der Waals surface area contributed by atoms with Crippen LogP contribution >= 0.6 is 0 Å². The monoisotopic (exact) mass is 444 g/mol. The van der Waals surface area contributed by atoms with Crippen LogP contribution in [0.4, 0.5) is 0 Å². The van der Waals surface area contributed by atoms with Crippen LogP contribution in [0.15, 0.2) is 69.6 Å². The molecule has 0 bridgehead atoms. The van der Waals surface area contributed by atoms with Crippen LogP contribution in [-0.4, -0.2) is 36.8 Å². The van der Waals surface area contributed by atoms with Gasteiger partial charge in [0, 0.05) is 18.3 Å². The first-order valence-corrected chi connectivity index (χ1v) is 11.1. The van der Waals surface area contributed by atoms with Gasteiger partial charge in [0.05, 0.1) is 5.56 Å². The average molecular weight is 444 g/mol. The molecule has 1 aromatic carbocycles. The highest BCUT2D eigenvalue weighted by atomic mass is 16.5. The number of aromatic nitrogens is 5.